The molecule has 0 aromatic heterocycles. The number of benzene rings is 2. The summed E-state index contributed by atoms with van der Waals surface area (Å²) in [4.78, 5) is 42.1. The molecule has 1 saturated heterocycles. The van der Waals surface area contributed by atoms with Crippen molar-refractivity contribution in [1.82, 2.24) is 4.90 Å². The van der Waals surface area contributed by atoms with Crippen LogP contribution in [0.1, 0.15) is 36.0 Å². The molecule has 1 aliphatic heterocycles. The van der Waals surface area contributed by atoms with Crippen molar-refractivity contribution in [3.63, 3.8) is 0 Å². The topological polar surface area (TPSA) is 57.7 Å². The van der Waals surface area contributed by atoms with Crippen molar-refractivity contribution >= 4 is 39.3 Å². The van der Waals surface area contributed by atoms with Crippen LogP contribution in [0.4, 0.5) is 10.5 Å². The highest BCUT2D eigenvalue weighted by Gasteiger charge is 2.47. The van der Waals surface area contributed by atoms with Gasteiger partial charge in [-0.05, 0) is 37.1 Å². The van der Waals surface area contributed by atoms with Crippen LogP contribution in [0.15, 0.2) is 59.1 Å². The Labute approximate surface area is 172 Å². The van der Waals surface area contributed by atoms with E-state index in [0.29, 0.717) is 11.3 Å². The fourth-order valence-electron chi connectivity index (χ4n) is 4.18. The Morgan fingerprint density at radius 2 is 1.64 bits per heavy atom. The minimum Gasteiger partial charge on any atom is -0.312 e. The summed E-state index contributed by atoms with van der Waals surface area (Å²) in [5, 5.41) is 0. The molecule has 144 valence electrons. The second kappa shape index (κ2) is 7.87. The molecule has 2 unspecified atom stereocenters. The van der Waals surface area contributed by atoms with Crippen molar-refractivity contribution in [1.29, 1.82) is 0 Å². The first-order valence-electron chi connectivity index (χ1n) is 9.54. The van der Waals surface area contributed by atoms with Crippen LogP contribution < -0.4 is 4.90 Å². The highest BCUT2D eigenvalue weighted by Crippen LogP contribution is 2.36. The lowest BCUT2D eigenvalue weighted by Crippen LogP contribution is -2.63. The standard InChI is InChI=1S/C22H21BrN2O3/c23-16-12-10-15(11-13-16)20(26)14-24-19-9-5-4-8-18(19)21(27)25(22(24)28)17-6-2-1-3-7-17/h1-3,6-7,10-13,18-19H,4-5,8-9,14H2. The number of fused-ring (bicyclic) bond motifs is 1. The molecule has 28 heavy (non-hydrogen) atoms. The highest BCUT2D eigenvalue weighted by molar-refractivity contribution is 9.10. The lowest BCUT2D eigenvalue weighted by Gasteiger charge is -2.46. The molecule has 2 aliphatic rings. The lowest BCUT2D eigenvalue weighted by molar-refractivity contribution is -0.126. The third kappa shape index (κ3) is 3.49. The van der Waals surface area contributed by atoms with Crippen molar-refractivity contribution in [3.8, 4) is 0 Å². The molecule has 2 aromatic rings. The number of hydrogen-bond acceptors (Lipinski definition) is 3. The zero-order chi connectivity index (χ0) is 19.7. The average molecular weight is 441 g/mol. The van der Waals surface area contributed by atoms with Crippen LogP contribution >= 0.6 is 15.9 Å². The number of anilines is 1. The van der Waals surface area contributed by atoms with Crippen LogP contribution in [0, 0.1) is 5.92 Å². The molecule has 2 fully saturated rings. The predicted octanol–water partition coefficient (Wildman–Crippen LogP) is 4.66. The van der Waals surface area contributed by atoms with Crippen LogP contribution in [0.5, 0.6) is 0 Å². The molecular formula is C22H21BrN2O3. The van der Waals surface area contributed by atoms with E-state index in [1.54, 1.807) is 41.3 Å². The fourth-order valence-corrected chi connectivity index (χ4v) is 4.45. The van der Waals surface area contributed by atoms with Gasteiger partial charge < -0.3 is 4.90 Å². The van der Waals surface area contributed by atoms with Gasteiger partial charge in [-0.15, -0.1) is 0 Å². The van der Waals surface area contributed by atoms with E-state index in [2.05, 4.69) is 15.9 Å². The van der Waals surface area contributed by atoms with Gasteiger partial charge in [-0.3, -0.25) is 9.59 Å². The summed E-state index contributed by atoms with van der Waals surface area (Å²) in [6.45, 7) is -0.0156. The molecule has 2 atom stereocenters. The monoisotopic (exact) mass is 440 g/mol. The minimum atomic E-state index is -0.398. The first kappa shape index (κ1) is 18.9. The number of halogens is 1. The maximum Gasteiger partial charge on any atom is 0.332 e. The van der Waals surface area contributed by atoms with Crippen molar-refractivity contribution in [3.05, 3.63) is 64.6 Å². The Morgan fingerprint density at radius 3 is 2.36 bits per heavy atom. The van der Waals surface area contributed by atoms with E-state index in [-0.39, 0.29) is 30.2 Å². The van der Waals surface area contributed by atoms with Gasteiger partial charge in [0, 0.05) is 16.1 Å². The lowest BCUT2D eigenvalue weighted by atomic mass is 9.81. The molecule has 0 N–H and O–H groups in total. The summed E-state index contributed by atoms with van der Waals surface area (Å²) in [5.74, 6) is -0.509. The summed E-state index contributed by atoms with van der Waals surface area (Å²) >= 11 is 3.37. The maximum absolute atomic E-state index is 13.3. The molecular weight excluding hydrogens is 420 g/mol. The molecule has 1 saturated carbocycles. The summed E-state index contributed by atoms with van der Waals surface area (Å²) in [6, 6.07) is 15.5. The van der Waals surface area contributed by atoms with E-state index in [1.165, 1.54) is 4.90 Å². The van der Waals surface area contributed by atoms with Crippen LogP contribution in [-0.2, 0) is 4.79 Å². The summed E-state index contributed by atoms with van der Waals surface area (Å²) in [6.07, 6.45) is 3.45. The number of rotatable bonds is 4. The van der Waals surface area contributed by atoms with Crippen molar-refractivity contribution in [2.45, 2.75) is 31.7 Å². The first-order valence-corrected chi connectivity index (χ1v) is 10.3. The van der Waals surface area contributed by atoms with Gasteiger partial charge >= 0.3 is 6.03 Å². The zero-order valence-corrected chi connectivity index (χ0v) is 17.0. The zero-order valence-electron chi connectivity index (χ0n) is 15.4. The number of carbonyl (C=O) groups is 3. The Morgan fingerprint density at radius 1 is 0.964 bits per heavy atom. The second-order valence-corrected chi connectivity index (χ2v) is 8.22. The van der Waals surface area contributed by atoms with Crippen LogP contribution in [0.3, 0.4) is 0 Å². The maximum atomic E-state index is 13.3. The Bertz CT molecular complexity index is 898. The normalized spacial score (nSPS) is 22.2. The quantitative estimate of drug-likeness (QED) is 0.649. The van der Waals surface area contributed by atoms with Crippen molar-refractivity contribution < 1.29 is 14.4 Å². The molecule has 2 aromatic carbocycles. The molecule has 4 rings (SSSR count). The Balaban J connectivity index is 1.65. The van der Waals surface area contributed by atoms with Gasteiger partial charge in [0.15, 0.2) is 5.78 Å². The largest absolute Gasteiger partial charge is 0.332 e. The van der Waals surface area contributed by atoms with Crippen molar-refractivity contribution in [2.24, 2.45) is 5.92 Å². The van der Waals surface area contributed by atoms with E-state index in [9.17, 15) is 14.4 Å². The van der Waals surface area contributed by atoms with E-state index in [0.717, 1.165) is 30.2 Å². The van der Waals surface area contributed by atoms with Gasteiger partial charge in [-0.25, -0.2) is 9.69 Å². The SMILES string of the molecule is O=C(CN1C(=O)N(c2ccccc2)C(=O)C2CCCCC21)c1ccc(Br)cc1. The third-order valence-electron chi connectivity index (χ3n) is 5.60. The van der Waals surface area contributed by atoms with Gasteiger partial charge in [0.1, 0.15) is 0 Å². The molecule has 0 bridgehead atoms. The molecule has 3 amide bonds. The van der Waals surface area contributed by atoms with Gasteiger partial charge in [0.2, 0.25) is 5.91 Å². The number of imide groups is 1. The summed E-state index contributed by atoms with van der Waals surface area (Å²) in [5.41, 5.74) is 1.12. The highest BCUT2D eigenvalue weighted by atomic mass is 79.9. The van der Waals surface area contributed by atoms with Gasteiger partial charge in [-0.2, -0.15) is 0 Å². The van der Waals surface area contributed by atoms with Gasteiger partial charge in [0.25, 0.3) is 0 Å². The average Bonchev–Trinajstić information content (AvgIpc) is 2.72. The molecule has 1 heterocycles. The van der Waals surface area contributed by atoms with Gasteiger partial charge in [0.05, 0.1) is 18.2 Å². The number of amides is 3. The molecule has 5 nitrogen and oxygen atoms in total. The first-order chi connectivity index (χ1) is 13.6. The van der Waals surface area contributed by atoms with E-state index >= 15 is 0 Å². The Kier molecular flexibility index (Phi) is 5.31. The van der Waals surface area contributed by atoms with Crippen LogP contribution in [0.25, 0.3) is 0 Å². The minimum absolute atomic E-state index is 0.0156. The molecule has 1 aliphatic carbocycles. The second-order valence-electron chi connectivity index (χ2n) is 7.31. The third-order valence-corrected chi connectivity index (χ3v) is 6.13. The van der Waals surface area contributed by atoms with E-state index in [4.69, 9.17) is 0 Å². The smallest absolute Gasteiger partial charge is 0.312 e. The number of Topliss-reactive ketones (excluding diaryl/α,β-unsaturated/α-hetero) is 1. The predicted molar refractivity (Wildman–Crippen MR) is 110 cm³/mol. The number of nitrogens with zero attached hydrogens (tertiary/aromatic N) is 2. The Hall–Kier alpha value is -2.47. The van der Waals surface area contributed by atoms with Crippen molar-refractivity contribution in [2.75, 3.05) is 11.4 Å². The number of carbonyl (C=O) groups excluding carboxylic acids is 3. The number of hydrogen-bond donors (Lipinski definition) is 0. The molecule has 6 heteroatoms. The summed E-state index contributed by atoms with van der Waals surface area (Å²) in [7, 11) is 0. The number of para-hydroxylation sites is 1. The van der Waals surface area contributed by atoms with Gasteiger partial charge in [-0.1, -0.05) is 59.1 Å². The molecule has 0 spiro atoms. The summed E-state index contributed by atoms with van der Waals surface area (Å²) < 4.78 is 0.895. The van der Waals surface area contributed by atoms with Crippen LogP contribution in [0.2, 0.25) is 0 Å². The number of urea groups is 1. The fraction of sp³-hybridized carbons (Fsp3) is 0.318. The van der Waals surface area contributed by atoms with E-state index < -0.39 is 6.03 Å². The molecule has 0 radical (unpaired) electrons. The number of ketones is 1. The van der Waals surface area contributed by atoms with Crippen LogP contribution in [-0.4, -0.2) is 35.2 Å². The van der Waals surface area contributed by atoms with E-state index in [1.807, 2.05) is 18.2 Å².